The second-order valence-electron chi connectivity index (χ2n) is 8.58. The van der Waals surface area contributed by atoms with Crippen LogP contribution >= 0.6 is 0 Å². The van der Waals surface area contributed by atoms with Crippen LogP contribution in [-0.2, 0) is 11.3 Å². The Morgan fingerprint density at radius 1 is 1.18 bits per heavy atom. The van der Waals surface area contributed by atoms with Crippen molar-refractivity contribution in [2.24, 2.45) is 0 Å². The van der Waals surface area contributed by atoms with E-state index in [-0.39, 0.29) is 11.9 Å². The molecule has 0 saturated carbocycles. The van der Waals surface area contributed by atoms with Crippen molar-refractivity contribution in [1.82, 2.24) is 20.0 Å². The average Bonchev–Trinajstić information content (AvgIpc) is 3.16. The van der Waals surface area contributed by atoms with Crippen LogP contribution in [0.4, 0.5) is 0 Å². The number of amides is 1. The third kappa shape index (κ3) is 5.79. The van der Waals surface area contributed by atoms with Gasteiger partial charge in [-0.1, -0.05) is 37.3 Å². The molecule has 28 heavy (non-hydrogen) atoms. The number of nitrogens with one attached hydrogen (secondary N) is 1. The molecule has 2 fully saturated rings. The predicted octanol–water partition coefficient (Wildman–Crippen LogP) is 2.57. The van der Waals surface area contributed by atoms with Crippen LogP contribution in [0.1, 0.15) is 45.1 Å². The first-order valence-electron chi connectivity index (χ1n) is 11.1. The van der Waals surface area contributed by atoms with Crippen LogP contribution in [0, 0.1) is 0 Å². The highest BCUT2D eigenvalue weighted by Crippen LogP contribution is 2.18. The second kappa shape index (κ2) is 10.4. The Bertz CT molecular complexity index is 600. The second-order valence-corrected chi connectivity index (χ2v) is 8.58. The summed E-state index contributed by atoms with van der Waals surface area (Å²) in [6, 6.07) is 11.5. The lowest BCUT2D eigenvalue weighted by atomic mass is 10.0. The van der Waals surface area contributed by atoms with E-state index in [1.165, 1.54) is 24.9 Å². The quantitative estimate of drug-likeness (QED) is 0.745. The first-order chi connectivity index (χ1) is 13.6. The van der Waals surface area contributed by atoms with Gasteiger partial charge in [-0.15, -0.1) is 0 Å². The number of benzene rings is 1. The minimum atomic E-state index is -0.0679. The molecule has 0 aromatic heterocycles. The fourth-order valence-corrected chi connectivity index (χ4v) is 4.61. The molecule has 0 aliphatic carbocycles. The zero-order chi connectivity index (χ0) is 19.9. The summed E-state index contributed by atoms with van der Waals surface area (Å²) in [5.41, 5.74) is 1.37. The highest BCUT2D eigenvalue weighted by atomic mass is 16.2. The Kier molecular flexibility index (Phi) is 7.89. The summed E-state index contributed by atoms with van der Waals surface area (Å²) in [5, 5.41) is 3.31. The molecule has 5 heteroatoms. The van der Waals surface area contributed by atoms with Crippen LogP contribution in [0.25, 0.3) is 0 Å². The molecule has 1 amide bonds. The van der Waals surface area contributed by atoms with Crippen LogP contribution in [0.2, 0.25) is 0 Å². The molecule has 1 N–H and O–H groups in total. The summed E-state index contributed by atoms with van der Waals surface area (Å²) in [7, 11) is 2.10. The number of likely N-dealkylation sites (N-methyl/N-ethyl adjacent to an activating group) is 2. The monoisotopic (exact) mass is 386 g/mol. The maximum Gasteiger partial charge on any atom is 0.237 e. The molecule has 1 aromatic carbocycles. The van der Waals surface area contributed by atoms with E-state index in [1.54, 1.807) is 0 Å². The lowest BCUT2D eigenvalue weighted by molar-refractivity contribution is -0.126. The Morgan fingerprint density at radius 3 is 2.57 bits per heavy atom. The molecule has 2 saturated heterocycles. The summed E-state index contributed by atoms with van der Waals surface area (Å²) in [6.45, 7) is 10.7. The lowest BCUT2D eigenvalue weighted by Gasteiger charge is -2.34. The molecule has 156 valence electrons. The normalized spacial score (nSPS) is 23.2. The van der Waals surface area contributed by atoms with Gasteiger partial charge in [-0.2, -0.15) is 0 Å². The van der Waals surface area contributed by atoms with Crippen molar-refractivity contribution in [3.8, 4) is 0 Å². The Hall–Kier alpha value is -1.43. The molecule has 5 nitrogen and oxygen atoms in total. The zero-order valence-electron chi connectivity index (χ0n) is 17.9. The van der Waals surface area contributed by atoms with Crippen molar-refractivity contribution in [3.63, 3.8) is 0 Å². The molecular weight excluding hydrogens is 348 g/mol. The number of hydrogen-bond acceptors (Lipinski definition) is 4. The number of nitrogens with zero attached hydrogens (tertiary/aromatic N) is 3. The van der Waals surface area contributed by atoms with Gasteiger partial charge in [0.15, 0.2) is 0 Å². The van der Waals surface area contributed by atoms with Gasteiger partial charge in [0, 0.05) is 38.3 Å². The summed E-state index contributed by atoms with van der Waals surface area (Å²) in [5.74, 6) is 0.185. The van der Waals surface area contributed by atoms with E-state index in [2.05, 4.69) is 64.3 Å². The van der Waals surface area contributed by atoms with Gasteiger partial charge in [0.2, 0.25) is 5.91 Å². The number of carbonyl (C=O) groups excluding carboxylic acids is 1. The molecule has 2 atom stereocenters. The van der Waals surface area contributed by atoms with Crippen molar-refractivity contribution in [3.05, 3.63) is 35.9 Å². The number of hydrogen-bond donors (Lipinski definition) is 1. The minimum Gasteiger partial charge on any atom is -0.352 e. The van der Waals surface area contributed by atoms with Gasteiger partial charge in [0.1, 0.15) is 0 Å². The molecule has 0 bridgehead atoms. The molecule has 0 radical (unpaired) electrons. The Labute approximate surface area is 171 Å². The van der Waals surface area contributed by atoms with Crippen molar-refractivity contribution >= 4 is 5.91 Å². The Morgan fingerprint density at radius 2 is 1.89 bits per heavy atom. The summed E-state index contributed by atoms with van der Waals surface area (Å²) in [4.78, 5) is 20.0. The number of piperidine rings is 1. The highest BCUT2D eigenvalue weighted by molar-refractivity contribution is 5.81. The summed E-state index contributed by atoms with van der Waals surface area (Å²) in [6.07, 6.45) is 4.63. The molecule has 2 heterocycles. The SMILES string of the molecule is CCN1CCC[C@H]1CN(C)[C@H](C)C(=O)NC1CCN(Cc2ccccc2)CC1. The van der Waals surface area contributed by atoms with Crippen molar-refractivity contribution in [2.75, 3.05) is 39.8 Å². The molecule has 3 rings (SSSR count). The molecule has 1 aromatic rings. The van der Waals surface area contributed by atoms with Gasteiger partial charge in [-0.25, -0.2) is 0 Å². The van der Waals surface area contributed by atoms with E-state index in [1.807, 2.05) is 6.92 Å². The van der Waals surface area contributed by atoms with Crippen molar-refractivity contribution in [2.45, 2.75) is 64.2 Å². The summed E-state index contributed by atoms with van der Waals surface area (Å²) < 4.78 is 0. The molecule has 0 unspecified atom stereocenters. The minimum absolute atomic E-state index is 0.0679. The van der Waals surface area contributed by atoms with E-state index in [4.69, 9.17) is 0 Å². The van der Waals surface area contributed by atoms with Gasteiger partial charge >= 0.3 is 0 Å². The van der Waals surface area contributed by atoms with Crippen LogP contribution < -0.4 is 5.32 Å². The van der Waals surface area contributed by atoms with Gasteiger partial charge < -0.3 is 5.32 Å². The van der Waals surface area contributed by atoms with E-state index in [9.17, 15) is 4.79 Å². The maximum atomic E-state index is 12.8. The largest absolute Gasteiger partial charge is 0.352 e. The fourth-order valence-electron chi connectivity index (χ4n) is 4.61. The zero-order valence-corrected chi connectivity index (χ0v) is 17.9. The lowest BCUT2D eigenvalue weighted by Crippen LogP contribution is -2.52. The van der Waals surface area contributed by atoms with Crippen LogP contribution in [-0.4, -0.2) is 78.5 Å². The fraction of sp³-hybridized carbons (Fsp3) is 0.696. The van der Waals surface area contributed by atoms with Gasteiger partial charge in [-0.05, 0) is 58.3 Å². The highest BCUT2D eigenvalue weighted by Gasteiger charge is 2.28. The van der Waals surface area contributed by atoms with Gasteiger partial charge in [0.05, 0.1) is 6.04 Å². The van der Waals surface area contributed by atoms with Crippen LogP contribution in [0.5, 0.6) is 0 Å². The third-order valence-electron chi connectivity index (χ3n) is 6.63. The molecular formula is C23H38N4O. The standard InChI is InChI=1S/C23H38N4O/c1-4-27-14-8-11-22(27)18-25(3)19(2)23(28)24-21-12-15-26(16-13-21)17-20-9-6-5-7-10-20/h5-7,9-10,19,21-22H,4,8,11-18H2,1-3H3,(H,24,28)/t19-,22+/m1/s1. The van der Waals surface area contributed by atoms with Crippen LogP contribution in [0.15, 0.2) is 30.3 Å². The van der Waals surface area contributed by atoms with Crippen molar-refractivity contribution in [1.29, 1.82) is 0 Å². The first-order valence-corrected chi connectivity index (χ1v) is 11.1. The van der Waals surface area contributed by atoms with Crippen molar-refractivity contribution < 1.29 is 4.79 Å². The van der Waals surface area contributed by atoms with Gasteiger partial charge in [0.25, 0.3) is 0 Å². The molecule has 0 spiro atoms. The molecule has 2 aliphatic rings. The van der Waals surface area contributed by atoms with E-state index >= 15 is 0 Å². The predicted molar refractivity (Wildman–Crippen MR) is 115 cm³/mol. The van der Waals surface area contributed by atoms with E-state index in [0.717, 1.165) is 45.6 Å². The third-order valence-corrected chi connectivity index (χ3v) is 6.63. The molecule has 2 aliphatic heterocycles. The maximum absolute atomic E-state index is 12.8. The first kappa shape index (κ1) is 21.3. The van der Waals surface area contributed by atoms with Crippen LogP contribution in [0.3, 0.4) is 0 Å². The smallest absolute Gasteiger partial charge is 0.237 e. The number of rotatable bonds is 8. The topological polar surface area (TPSA) is 38.8 Å². The average molecular weight is 387 g/mol. The van der Waals surface area contributed by atoms with Gasteiger partial charge in [-0.3, -0.25) is 19.5 Å². The number of likely N-dealkylation sites (tertiary alicyclic amines) is 2. The number of carbonyl (C=O) groups is 1. The van der Waals surface area contributed by atoms with E-state index in [0.29, 0.717) is 12.1 Å². The van der Waals surface area contributed by atoms with E-state index < -0.39 is 0 Å². The Balaban J connectivity index is 1.39. The summed E-state index contributed by atoms with van der Waals surface area (Å²) >= 11 is 0.